The van der Waals surface area contributed by atoms with Crippen molar-refractivity contribution >= 4 is 0 Å². The van der Waals surface area contributed by atoms with Gasteiger partial charge in [-0.2, -0.15) is 0 Å². The highest BCUT2D eigenvalue weighted by Gasteiger charge is 2.22. The van der Waals surface area contributed by atoms with Crippen LogP contribution >= 0.6 is 0 Å². The van der Waals surface area contributed by atoms with Crippen molar-refractivity contribution < 1.29 is 5.11 Å². The fourth-order valence-electron chi connectivity index (χ4n) is 2.47. The molecule has 0 heterocycles. The summed E-state index contributed by atoms with van der Waals surface area (Å²) in [5, 5.41) is 12.8. The zero-order chi connectivity index (χ0) is 12.0. The van der Waals surface area contributed by atoms with Crippen molar-refractivity contribution in [3.05, 3.63) is 0 Å². The lowest BCUT2D eigenvalue weighted by Crippen LogP contribution is -2.40. The Morgan fingerprint density at radius 3 is 2.25 bits per heavy atom. The molecule has 2 N–H and O–H groups in total. The van der Waals surface area contributed by atoms with E-state index >= 15 is 0 Å². The smallest absolute Gasteiger partial charge is 0.0494 e. The largest absolute Gasteiger partial charge is 0.396 e. The molecule has 0 aromatic carbocycles. The SMILES string of the molecule is C[C@@H](NCC(C)(C)CO)C1CCCCCC1. The Morgan fingerprint density at radius 1 is 1.19 bits per heavy atom. The maximum absolute atomic E-state index is 9.22. The number of aliphatic hydroxyl groups excluding tert-OH is 1. The molecule has 0 aliphatic heterocycles. The van der Waals surface area contributed by atoms with E-state index in [4.69, 9.17) is 0 Å². The lowest BCUT2D eigenvalue weighted by molar-refractivity contribution is 0.148. The van der Waals surface area contributed by atoms with E-state index in [1.807, 2.05) is 0 Å². The second-order valence-electron chi connectivity index (χ2n) is 6.24. The van der Waals surface area contributed by atoms with Gasteiger partial charge in [0.25, 0.3) is 0 Å². The predicted molar refractivity (Wildman–Crippen MR) is 69.5 cm³/mol. The van der Waals surface area contributed by atoms with Crippen LogP contribution in [0.5, 0.6) is 0 Å². The van der Waals surface area contributed by atoms with Crippen LogP contribution in [0.3, 0.4) is 0 Å². The summed E-state index contributed by atoms with van der Waals surface area (Å²) in [5.41, 5.74) is 0.0129. The molecule has 0 amide bonds. The summed E-state index contributed by atoms with van der Waals surface area (Å²) in [6, 6.07) is 0.601. The Kier molecular flexibility index (Phi) is 5.77. The van der Waals surface area contributed by atoms with Crippen LogP contribution in [-0.4, -0.2) is 24.3 Å². The van der Waals surface area contributed by atoms with Gasteiger partial charge in [0.05, 0.1) is 0 Å². The van der Waals surface area contributed by atoms with Gasteiger partial charge in [-0.1, -0.05) is 39.5 Å². The summed E-state index contributed by atoms with van der Waals surface area (Å²) in [6.45, 7) is 7.71. The van der Waals surface area contributed by atoms with E-state index in [9.17, 15) is 5.11 Å². The number of hydrogen-bond acceptors (Lipinski definition) is 2. The monoisotopic (exact) mass is 227 g/mol. The maximum atomic E-state index is 9.22. The molecule has 96 valence electrons. The normalized spacial score (nSPS) is 21.8. The highest BCUT2D eigenvalue weighted by atomic mass is 16.3. The first-order chi connectivity index (χ1) is 7.55. The molecule has 2 heteroatoms. The molecule has 1 rings (SSSR count). The lowest BCUT2D eigenvalue weighted by Gasteiger charge is -2.29. The highest BCUT2D eigenvalue weighted by Crippen LogP contribution is 2.25. The first-order valence-electron chi connectivity index (χ1n) is 6.89. The topological polar surface area (TPSA) is 32.3 Å². The van der Waals surface area contributed by atoms with Crippen LogP contribution < -0.4 is 5.32 Å². The summed E-state index contributed by atoms with van der Waals surface area (Å²) >= 11 is 0. The van der Waals surface area contributed by atoms with E-state index < -0.39 is 0 Å². The summed E-state index contributed by atoms with van der Waals surface area (Å²) in [5.74, 6) is 0.844. The fraction of sp³-hybridized carbons (Fsp3) is 1.00. The number of rotatable bonds is 5. The Labute approximate surface area is 101 Å². The Morgan fingerprint density at radius 2 is 1.75 bits per heavy atom. The molecule has 2 nitrogen and oxygen atoms in total. The van der Waals surface area contributed by atoms with E-state index in [0.717, 1.165) is 12.5 Å². The molecule has 1 aliphatic carbocycles. The molecular formula is C14H29NO. The first-order valence-corrected chi connectivity index (χ1v) is 6.89. The predicted octanol–water partition coefficient (Wildman–Crippen LogP) is 2.95. The summed E-state index contributed by atoms with van der Waals surface area (Å²) in [4.78, 5) is 0. The van der Waals surface area contributed by atoms with Crippen molar-refractivity contribution in [1.29, 1.82) is 0 Å². The van der Waals surface area contributed by atoms with E-state index in [0.29, 0.717) is 6.04 Å². The fourth-order valence-corrected chi connectivity index (χ4v) is 2.47. The summed E-state index contributed by atoms with van der Waals surface area (Å²) in [6.07, 6.45) is 8.41. The molecule has 16 heavy (non-hydrogen) atoms. The molecule has 1 atom stereocenters. The number of aliphatic hydroxyl groups is 1. The van der Waals surface area contributed by atoms with Crippen molar-refractivity contribution in [2.75, 3.05) is 13.2 Å². The van der Waals surface area contributed by atoms with Gasteiger partial charge in [-0.05, 0) is 25.7 Å². The highest BCUT2D eigenvalue weighted by molar-refractivity contribution is 4.78. The van der Waals surface area contributed by atoms with Gasteiger partial charge in [0.2, 0.25) is 0 Å². The number of hydrogen-bond donors (Lipinski definition) is 2. The van der Waals surface area contributed by atoms with Crippen LogP contribution in [0.15, 0.2) is 0 Å². The standard InChI is InChI=1S/C14H29NO/c1-12(15-10-14(2,3)11-16)13-8-6-4-5-7-9-13/h12-13,15-16H,4-11H2,1-3H3/t12-/m1/s1. The molecule has 0 bridgehead atoms. The second-order valence-corrected chi connectivity index (χ2v) is 6.24. The van der Waals surface area contributed by atoms with Gasteiger partial charge in [-0.25, -0.2) is 0 Å². The molecule has 1 fully saturated rings. The van der Waals surface area contributed by atoms with Crippen LogP contribution in [0.2, 0.25) is 0 Å². The third kappa shape index (κ3) is 4.84. The minimum absolute atomic E-state index is 0.0129. The van der Waals surface area contributed by atoms with E-state index in [2.05, 4.69) is 26.1 Å². The summed E-state index contributed by atoms with van der Waals surface area (Å²) in [7, 11) is 0. The van der Waals surface area contributed by atoms with Crippen LogP contribution in [0.1, 0.15) is 59.3 Å². The molecule has 0 spiro atoms. The third-order valence-electron chi connectivity index (χ3n) is 3.94. The second kappa shape index (κ2) is 6.61. The van der Waals surface area contributed by atoms with Crippen molar-refractivity contribution in [2.45, 2.75) is 65.3 Å². The zero-order valence-electron chi connectivity index (χ0n) is 11.3. The quantitative estimate of drug-likeness (QED) is 0.708. The van der Waals surface area contributed by atoms with Crippen LogP contribution in [0, 0.1) is 11.3 Å². The van der Waals surface area contributed by atoms with Crippen LogP contribution in [0.4, 0.5) is 0 Å². The third-order valence-corrected chi connectivity index (χ3v) is 3.94. The van der Waals surface area contributed by atoms with Gasteiger partial charge >= 0.3 is 0 Å². The Hall–Kier alpha value is -0.0800. The Balaban J connectivity index is 2.30. The number of nitrogens with one attached hydrogen (secondary N) is 1. The Bertz CT molecular complexity index is 183. The van der Waals surface area contributed by atoms with Gasteiger partial charge in [0.1, 0.15) is 0 Å². The molecule has 0 radical (unpaired) electrons. The minimum atomic E-state index is 0.0129. The zero-order valence-corrected chi connectivity index (χ0v) is 11.3. The molecule has 0 aromatic rings. The molecule has 0 saturated heterocycles. The van der Waals surface area contributed by atoms with Gasteiger partial charge in [-0.3, -0.25) is 0 Å². The van der Waals surface area contributed by atoms with Gasteiger partial charge in [0.15, 0.2) is 0 Å². The van der Waals surface area contributed by atoms with Crippen molar-refractivity contribution in [2.24, 2.45) is 11.3 Å². The average Bonchev–Trinajstić information content (AvgIpc) is 2.54. The van der Waals surface area contributed by atoms with E-state index in [1.54, 1.807) is 0 Å². The van der Waals surface area contributed by atoms with E-state index in [1.165, 1.54) is 38.5 Å². The first kappa shape index (κ1) is 14.0. The molecule has 1 aliphatic rings. The molecule has 0 aromatic heterocycles. The van der Waals surface area contributed by atoms with E-state index in [-0.39, 0.29) is 12.0 Å². The molecule has 1 saturated carbocycles. The van der Waals surface area contributed by atoms with Gasteiger partial charge < -0.3 is 10.4 Å². The van der Waals surface area contributed by atoms with Crippen molar-refractivity contribution in [3.8, 4) is 0 Å². The van der Waals surface area contributed by atoms with Crippen LogP contribution in [-0.2, 0) is 0 Å². The van der Waals surface area contributed by atoms with Gasteiger partial charge in [-0.15, -0.1) is 0 Å². The average molecular weight is 227 g/mol. The molecule has 0 unspecified atom stereocenters. The lowest BCUT2D eigenvalue weighted by atomic mass is 9.90. The maximum Gasteiger partial charge on any atom is 0.0494 e. The van der Waals surface area contributed by atoms with Crippen LogP contribution in [0.25, 0.3) is 0 Å². The minimum Gasteiger partial charge on any atom is -0.396 e. The molecular weight excluding hydrogens is 198 g/mol. The van der Waals surface area contributed by atoms with Gasteiger partial charge in [0, 0.05) is 24.6 Å². The van der Waals surface area contributed by atoms with Crippen molar-refractivity contribution in [3.63, 3.8) is 0 Å². The summed E-state index contributed by atoms with van der Waals surface area (Å²) < 4.78 is 0. The van der Waals surface area contributed by atoms with Crippen molar-refractivity contribution in [1.82, 2.24) is 5.32 Å².